The van der Waals surface area contributed by atoms with Crippen molar-refractivity contribution in [1.82, 2.24) is 0 Å². The second-order valence-corrected chi connectivity index (χ2v) is 2.31. The highest BCUT2D eigenvalue weighted by Gasteiger charge is 2.35. The van der Waals surface area contributed by atoms with Crippen molar-refractivity contribution in [2.24, 2.45) is 5.92 Å². The molecule has 0 spiro atoms. The Hall–Kier alpha value is -0.860. The van der Waals surface area contributed by atoms with Crippen molar-refractivity contribution in [2.45, 2.75) is 19.8 Å². The number of Topliss-reactive ketones (excluding diaryl/α,β-unsaturated/α-hetero) is 1. The number of carbonyl (C=O) groups is 2. The number of esters is 1. The smallest absolute Gasteiger partial charge is 0.316 e. The van der Waals surface area contributed by atoms with Gasteiger partial charge < -0.3 is 4.74 Å². The highest BCUT2D eigenvalue weighted by Crippen LogP contribution is 2.23. The van der Waals surface area contributed by atoms with Crippen LogP contribution in [-0.2, 0) is 14.3 Å². The number of ether oxygens (including phenoxy) is 1. The van der Waals surface area contributed by atoms with Crippen LogP contribution in [0.15, 0.2) is 0 Å². The third-order valence-corrected chi connectivity index (χ3v) is 1.64. The van der Waals surface area contributed by atoms with E-state index < -0.39 is 5.92 Å². The number of rotatable bonds is 2. The Labute approximate surface area is 59.4 Å². The molecule has 0 unspecified atom stereocenters. The molecule has 0 saturated heterocycles. The van der Waals surface area contributed by atoms with Crippen LogP contribution in [0.4, 0.5) is 0 Å². The fourth-order valence-electron chi connectivity index (χ4n) is 0.899. The molecular weight excluding hydrogens is 132 g/mol. The monoisotopic (exact) mass is 142 g/mol. The van der Waals surface area contributed by atoms with E-state index in [1.807, 2.05) is 0 Å². The van der Waals surface area contributed by atoms with Crippen LogP contribution >= 0.6 is 0 Å². The zero-order valence-corrected chi connectivity index (χ0v) is 5.92. The minimum Gasteiger partial charge on any atom is -0.465 e. The third-order valence-electron chi connectivity index (χ3n) is 1.64. The normalized spacial score (nSPS) is 23.7. The number of hydrogen-bond acceptors (Lipinski definition) is 3. The zero-order valence-electron chi connectivity index (χ0n) is 5.92. The van der Waals surface area contributed by atoms with Crippen LogP contribution in [0, 0.1) is 5.92 Å². The maximum atomic E-state index is 10.8. The second kappa shape index (κ2) is 2.82. The molecule has 0 aromatic rings. The van der Waals surface area contributed by atoms with E-state index in [1.165, 1.54) is 0 Å². The van der Waals surface area contributed by atoms with Gasteiger partial charge in [-0.05, 0) is 13.3 Å². The number of hydrogen-bond donors (Lipinski definition) is 0. The molecule has 0 radical (unpaired) electrons. The standard InChI is InChI=1S/C7H10O3/c1-2-10-7(9)5-3-4-6(5)8/h5H,2-4H2,1H3/t5-/m0/s1. The Morgan fingerprint density at radius 3 is 2.80 bits per heavy atom. The largest absolute Gasteiger partial charge is 0.465 e. The van der Waals surface area contributed by atoms with E-state index in [9.17, 15) is 9.59 Å². The van der Waals surface area contributed by atoms with E-state index in [2.05, 4.69) is 4.74 Å². The minimum atomic E-state index is -0.431. The first-order chi connectivity index (χ1) is 4.75. The molecule has 3 nitrogen and oxygen atoms in total. The summed E-state index contributed by atoms with van der Waals surface area (Å²) in [4.78, 5) is 21.4. The van der Waals surface area contributed by atoms with Gasteiger partial charge in [-0.25, -0.2) is 0 Å². The molecule has 56 valence electrons. The average molecular weight is 142 g/mol. The van der Waals surface area contributed by atoms with Crippen LogP contribution in [0.25, 0.3) is 0 Å². The summed E-state index contributed by atoms with van der Waals surface area (Å²) in [5.74, 6) is -0.753. The van der Waals surface area contributed by atoms with Gasteiger partial charge in [0.25, 0.3) is 0 Å². The summed E-state index contributed by atoms with van der Waals surface area (Å²) in [5.41, 5.74) is 0. The Morgan fingerprint density at radius 1 is 1.80 bits per heavy atom. The van der Waals surface area contributed by atoms with E-state index in [1.54, 1.807) is 6.92 Å². The molecule has 10 heavy (non-hydrogen) atoms. The Bertz CT molecular complexity index is 162. The molecule has 1 saturated carbocycles. The molecule has 0 N–H and O–H groups in total. The molecule has 1 aliphatic carbocycles. The molecule has 0 aromatic carbocycles. The van der Waals surface area contributed by atoms with E-state index in [0.717, 1.165) is 0 Å². The van der Waals surface area contributed by atoms with Gasteiger partial charge in [0.2, 0.25) is 0 Å². The second-order valence-electron chi connectivity index (χ2n) is 2.31. The van der Waals surface area contributed by atoms with Crippen LogP contribution in [0.5, 0.6) is 0 Å². The number of ketones is 1. The van der Waals surface area contributed by atoms with Crippen molar-refractivity contribution in [1.29, 1.82) is 0 Å². The molecule has 0 aromatic heterocycles. The molecule has 0 amide bonds. The van der Waals surface area contributed by atoms with Crippen LogP contribution in [0.1, 0.15) is 19.8 Å². The first-order valence-electron chi connectivity index (χ1n) is 3.45. The van der Waals surface area contributed by atoms with Gasteiger partial charge in [-0.3, -0.25) is 9.59 Å². The SMILES string of the molecule is CCOC(=O)[C@H]1CCC1=O. The fourth-order valence-corrected chi connectivity index (χ4v) is 0.899. The lowest BCUT2D eigenvalue weighted by Gasteiger charge is -2.21. The first-order valence-corrected chi connectivity index (χ1v) is 3.45. The Balaban J connectivity index is 2.34. The molecule has 0 bridgehead atoms. The minimum absolute atomic E-state index is 0.0263. The Morgan fingerprint density at radius 2 is 2.50 bits per heavy atom. The van der Waals surface area contributed by atoms with Crippen LogP contribution in [0.2, 0.25) is 0 Å². The van der Waals surface area contributed by atoms with Crippen molar-refractivity contribution in [2.75, 3.05) is 6.61 Å². The fraction of sp³-hybridized carbons (Fsp3) is 0.714. The zero-order chi connectivity index (χ0) is 7.56. The average Bonchev–Trinajstić information content (AvgIpc) is 1.85. The van der Waals surface area contributed by atoms with Crippen molar-refractivity contribution in [3.05, 3.63) is 0 Å². The van der Waals surface area contributed by atoms with Crippen molar-refractivity contribution in [3.63, 3.8) is 0 Å². The summed E-state index contributed by atoms with van der Waals surface area (Å²) in [7, 11) is 0. The first kappa shape index (κ1) is 7.25. The quantitative estimate of drug-likeness (QED) is 0.417. The molecule has 1 aliphatic rings. The van der Waals surface area contributed by atoms with Gasteiger partial charge in [0.15, 0.2) is 0 Å². The van der Waals surface area contributed by atoms with Gasteiger partial charge in [-0.1, -0.05) is 0 Å². The molecule has 0 heterocycles. The highest BCUT2D eigenvalue weighted by atomic mass is 16.5. The summed E-state index contributed by atoms with van der Waals surface area (Å²) >= 11 is 0. The molecule has 1 rings (SSSR count). The van der Waals surface area contributed by atoms with E-state index >= 15 is 0 Å². The molecule has 1 fully saturated rings. The van der Waals surface area contributed by atoms with Gasteiger partial charge in [0, 0.05) is 6.42 Å². The predicted octanol–water partition coefficient (Wildman–Crippen LogP) is 0.529. The van der Waals surface area contributed by atoms with Crippen LogP contribution < -0.4 is 0 Å². The van der Waals surface area contributed by atoms with E-state index in [0.29, 0.717) is 19.4 Å². The van der Waals surface area contributed by atoms with E-state index in [-0.39, 0.29) is 11.8 Å². The van der Waals surface area contributed by atoms with Crippen LogP contribution in [0.3, 0.4) is 0 Å². The van der Waals surface area contributed by atoms with Crippen molar-refractivity contribution in [3.8, 4) is 0 Å². The van der Waals surface area contributed by atoms with E-state index in [4.69, 9.17) is 0 Å². The number of carbonyl (C=O) groups excluding carboxylic acids is 2. The summed E-state index contributed by atoms with van der Waals surface area (Å²) in [6.45, 7) is 2.10. The maximum absolute atomic E-state index is 10.8. The van der Waals surface area contributed by atoms with Gasteiger partial charge in [-0.15, -0.1) is 0 Å². The molecule has 0 aliphatic heterocycles. The summed E-state index contributed by atoms with van der Waals surface area (Å²) < 4.78 is 4.66. The van der Waals surface area contributed by atoms with Gasteiger partial charge in [-0.2, -0.15) is 0 Å². The van der Waals surface area contributed by atoms with Crippen molar-refractivity contribution < 1.29 is 14.3 Å². The third kappa shape index (κ3) is 1.17. The molecule has 1 atom stereocenters. The van der Waals surface area contributed by atoms with Gasteiger partial charge in [0.1, 0.15) is 11.7 Å². The summed E-state index contributed by atoms with van der Waals surface area (Å²) in [5, 5.41) is 0. The van der Waals surface area contributed by atoms with Crippen LogP contribution in [-0.4, -0.2) is 18.4 Å². The maximum Gasteiger partial charge on any atom is 0.316 e. The Kier molecular flexibility index (Phi) is 2.04. The van der Waals surface area contributed by atoms with Gasteiger partial charge >= 0.3 is 5.97 Å². The lowest BCUT2D eigenvalue weighted by Crippen LogP contribution is -2.34. The molecule has 3 heteroatoms. The summed E-state index contributed by atoms with van der Waals surface area (Å²) in [6.07, 6.45) is 1.22. The highest BCUT2D eigenvalue weighted by molar-refractivity contribution is 6.03. The van der Waals surface area contributed by atoms with Crippen molar-refractivity contribution >= 4 is 11.8 Å². The lowest BCUT2D eigenvalue weighted by molar-refractivity contribution is -0.155. The lowest BCUT2D eigenvalue weighted by atomic mass is 9.84. The topological polar surface area (TPSA) is 43.4 Å². The molecular formula is C7H10O3. The predicted molar refractivity (Wildman–Crippen MR) is 34.4 cm³/mol. The van der Waals surface area contributed by atoms with Gasteiger partial charge in [0.05, 0.1) is 6.61 Å². The summed E-state index contributed by atoms with van der Waals surface area (Å²) in [6, 6.07) is 0.